The van der Waals surface area contributed by atoms with Crippen molar-refractivity contribution in [2.75, 3.05) is 39.1 Å². The van der Waals surface area contributed by atoms with Crippen LogP contribution in [0.2, 0.25) is 0 Å². The number of nitrogens with two attached hydrogens (primary N) is 1. The molecule has 0 aliphatic carbocycles. The van der Waals surface area contributed by atoms with Gasteiger partial charge in [-0.05, 0) is 30.5 Å². The molecule has 4 aromatic rings. The number of rotatable bonds is 7. The van der Waals surface area contributed by atoms with Crippen LogP contribution in [-0.2, 0) is 18.0 Å². The number of fused-ring (bicyclic) bond motifs is 5. The molecule has 45 heavy (non-hydrogen) atoms. The number of alkyl halides is 4. The molecule has 238 valence electrons. The molecule has 2 fully saturated rings. The molecule has 9 nitrogen and oxygen atoms in total. The van der Waals surface area contributed by atoms with Crippen LogP contribution < -0.4 is 15.2 Å². The zero-order valence-electron chi connectivity index (χ0n) is 23.8. The van der Waals surface area contributed by atoms with Crippen molar-refractivity contribution in [3.63, 3.8) is 0 Å². The van der Waals surface area contributed by atoms with Gasteiger partial charge in [-0.15, -0.1) is 11.3 Å². The van der Waals surface area contributed by atoms with Crippen LogP contribution >= 0.6 is 11.3 Å². The smallest absolute Gasteiger partial charge is 0.422 e. The fraction of sp³-hybridized carbons (Fsp3) is 0.448. The van der Waals surface area contributed by atoms with Gasteiger partial charge in [0.1, 0.15) is 18.3 Å². The Labute approximate surface area is 256 Å². The number of aromatic nitrogens is 3. The first-order valence-corrected chi connectivity index (χ1v) is 14.9. The molecule has 0 radical (unpaired) electrons. The Morgan fingerprint density at radius 1 is 1.20 bits per heavy atom. The Balaban J connectivity index is 1.43. The maximum absolute atomic E-state index is 16.9. The Kier molecular flexibility index (Phi) is 7.28. The lowest BCUT2D eigenvalue weighted by atomic mass is 9.93. The van der Waals surface area contributed by atoms with Gasteiger partial charge in [0.2, 0.25) is 5.88 Å². The van der Waals surface area contributed by atoms with Gasteiger partial charge in [-0.1, -0.05) is 0 Å². The number of halogens is 6. The number of anilines is 1. The third kappa shape index (κ3) is 5.02. The second kappa shape index (κ2) is 10.9. The molecule has 3 aliphatic heterocycles. The van der Waals surface area contributed by atoms with Crippen LogP contribution in [0.15, 0.2) is 11.2 Å². The molecule has 3 aliphatic rings. The number of benzene rings is 1. The zero-order valence-corrected chi connectivity index (χ0v) is 24.6. The van der Waals surface area contributed by atoms with Crippen molar-refractivity contribution in [1.29, 1.82) is 0 Å². The second-order valence-corrected chi connectivity index (χ2v) is 12.4. The summed E-state index contributed by atoms with van der Waals surface area (Å²) in [6.07, 6.45) is -1.70. The number of nitrogens with zero attached hydrogens (tertiary/aromatic N) is 5. The molecule has 3 aromatic heterocycles. The van der Waals surface area contributed by atoms with Gasteiger partial charge < -0.3 is 19.9 Å². The number of ether oxygens (including phenoxy) is 3. The molecule has 7 rings (SSSR count). The number of hydrogen-bond acceptors (Lipinski definition) is 10. The first-order chi connectivity index (χ1) is 21.5. The van der Waals surface area contributed by atoms with E-state index >= 15 is 4.39 Å². The lowest BCUT2D eigenvalue weighted by molar-refractivity contribution is -0.153. The molecule has 0 saturated carbocycles. The van der Waals surface area contributed by atoms with Gasteiger partial charge in [0.15, 0.2) is 18.2 Å². The first-order valence-electron chi connectivity index (χ1n) is 14.1. The number of aliphatic imine (C=N–C) groups is 1. The predicted molar refractivity (Wildman–Crippen MR) is 155 cm³/mol. The minimum absolute atomic E-state index is 0.0367. The number of thiophene rings is 1. The average molecular weight is 653 g/mol. The summed E-state index contributed by atoms with van der Waals surface area (Å²) in [6, 6.07) is -0.428. The fourth-order valence-electron chi connectivity index (χ4n) is 6.75. The molecular weight excluding hydrogens is 626 g/mol. The van der Waals surface area contributed by atoms with E-state index in [2.05, 4.69) is 19.9 Å². The first kappa shape index (κ1) is 29.9. The van der Waals surface area contributed by atoms with Crippen molar-refractivity contribution in [3.05, 3.63) is 34.5 Å². The summed E-state index contributed by atoms with van der Waals surface area (Å²) in [6.45, 7) is -1.04. The van der Waals surface area contributed by atoms with E-state index in [1.165, 1.54) is 13.3 Å². The molecule has 16 heteroatoms. The van der Waals surface area contributed by atoms with Gasteiger partial charge in [0.05, 0.1) is 45.7 Å². The Bertz CT molecular complexity index is 1870. The fourth-order valence-corrected chi connectivity index (χ4v) is 7.69. The highest BCUT2D eigenvalue weighted by Gasteiger charge is 2.49. The van der Waals surface area contributed by atoms with E-state index in [-0.39, 0.29) is 75.6 Å². The minimum Gasteiger partial charge on any atom is -0.467 e. The molecule has 0 bridgehead atoms. The summed E-state index contributed by atoms with van der Waals surface area (Å²) in [5.41, 5.74) is 6.04. The monoisotopic (exact) mass is 652 g/mol. The standard InChI is InChI=1S/C29H26F6N6O3S/c1-37-6-14-19-22(38-7-17(31)24(19)45-25(14)36)18-15-9-42-10-16(15)20-23(21(18)32)39-27(40-26(20)43-12-29(33,34)35)44-11-28-3-2-4-41(28)8-13(30)5-28/h6-7,13H,2-5,8-12,36H2,1H3/b37-6-/t13-,28+/m1/s1. The van der Waals surface area contributed by atoms with Crippen LogP contribution in [0.1, 0.15) is 36.0 Å². The Morgan fingerprint density at radius 3 is 2.78 bits per heavy atom. The van der Waals surface area contributed by atoms with E-state index in [0.29, 0.717) is 24.1 Å². The lowest BCUT2D eigenvalue weighted by Gasteiger charge is -2.30. The molecule has 6 heterocycles. The van der Waals surface area contributed by atoms with Crippen LogP contribution in [0.4, 0.5) is 31.3 Å². The molecular formula is C29H26F6N6O3S. The zero-order chi connectivity index (χ0) is 31.7. The van der Waals surface area contributed by atoms with Crippen molar-refractivity contribution < 1.29 is 40.6 Å². The average Bonchev–Trinajstić information content (AvgIpc) is 3.75. The van der Waals surface area contributed by atoms with Crippen LogP contribution in [0, 0.1) is 11.6 Å². The van der Waals surface area contributed by atoms with E-state index in [1.807, 2.05) is 4.90 Å². The molecule has 0 unspecified atom stereocenters. The maximum Gasteiger partial charge on any atom is 0.422 e. The molecule has 0 spiro atoms. The van der Waals surface area contributed by atoms with Gasteiger partial charge >= 0.3 is 12.2 Å². The van der Waals surface area contributed by atoms with Gasteiger partial charge in [-0.2, -0.15) is 23.1 Å². The summed E-state index contributed by atoms with van der Waals surface area (Å²) in [7, 11) is 1.50. The van der Waals surface area contributed by atoms with Gasteiger partial charge in [0, 0.05) is 42.7 Å². The minimum atomic E-state index is -4.72. The highest BCUT2D eigenvalue weighted by molar-refractivity contribution is 7.23. The van der Waals surface area contributed by atoms with E-state index in [0.717, 1.165) is 24.0 Å². The summed E-state index contributed by atoms with van der Waals surface area (Å²) in [4.78, 5) is 18.7. The Morgan fingerprint density at radius 2 is 2.00 bits per heavy atom. The number of nitrogen functional groups attached to an aromatic ring is 1. The molecule has 2 saturated heterocycles. The molecule has 1 aromatic carbocycles. The lowest BCUT2D eigenvalue weighted by Crippen LogP contribution is -2.43. The van der Waals surface area contributed by atoms with Crippen molar-refractivity contribution in [3.8, 4) is 23.1 Å². The van der Waals surface area contributed by atoms with E-state index in [4.69, 9.17) is 19.9 Å². The normalized spacial score (nSPS) is 21.8. The van der Waals surface area contributed by atoms with Gasteiger partial charge in [-0.3, -0.25) is 14.9 Å². The SMILES string of the molecule is C/N=C\c1c(N)sc2c(F)cnc(-c3c4c(c5c(OCC(F)(F)F)nc(OC[C@@]67CCCN6C[C@H](F)C7)nc5c3F)COC4)c12. The summed E-state index contributed by atoms with van der Waals surface area (Å²) in [5.74, 6) is -2.17. The van der Waals surface area contributed by atoms with Crippen molar-refractivity contribution in [1.82, 2.24) is 19.9 Å². The molecule has 2 atom stereocenters. The number of hydrogen-bond donors (Lipinski definition) is 1. The van der Waals surface area contributed by atoms with E-state index < -0.39 is 48.0 Å². The van der Waals surface area contributed by atoms with Crippen LogP contribution in [0.5, 0.6) is 11.9 Å². The van der Waals surface area contributed by atoms with Gasteiger partial charge in [0.25, 0.3) is 0 Å². The topological polar surface area (TPSA) is 108 Å². The highest BCUT2D eigenvalue weighted by atomic mass is 32.1. The van der Waals surface area contributed by atoms with Crippen molar-refractivity contribution in [2.24, 2.45) is 4.99 Å². The third-order valence-corrected chi connectivity index (χ3v) is 9.62. The summed E-state index contributed by atoms with van der Waals surface area (Å²) >= 11 is 0.951. The van der Waals surface area contributed by atoms with Crippen LogP contribution in [0.3, 0.4) is 0 Å². The highest BCUT2D eigenvalue weighted by Crippen LogP contribution is 2.47. The van der Waals surface area contributed by atoms with E-state index in [1.54, 1.807) is 0 Å². The molecule has 0 amide bonds. The maximum atomic E-state index is 16.9. The van der Waals surface area contributed by atoms with Crippen LogP contribution in [-0.4, -0.2) is 77.3 Å². The number of pyridine rings is 1. The van der Waals surface area contributed by atoms with Crippen molar-refractivity contribution in [2.45, 2.75) is 50.4 Å². The third-order valence-electron chi connectivity index (χ3n) is 8.58. The van der Waals surface area contributed by atoms with Crippen LogP contribution in [0.25, 0.3) is 32.2 Å². The molecule has 2 N–H and O–H groups in total. The second-order valence-electron chi connectivity index (χ2n) is 11.4. The quantitative estimate of drug-likeness (QED) is 0.199. The van der Waals surface area contributed by atoms with Crippen molar-refractivity contribution >= 4 is 43.5 Å². The Hall–Kier alpha value is -3.76. The summed E-state index contributed by atoms with van der Waals surface area (Å²) < 4.78 is 103. The summed E-state index contributed by atoms with van der Waals surface area (Å²) in [5, 5.41) is 0.350. The largest absolute Gasteiger partial charge is 0.467 e. The van der Waals surface area contributed by atoms with E-state index in [9.17, 15) is 22.0 Å². The predicted octanol–water partition coefficient (Wildman–Crippen LogP) is 5.74. The van der Waals surface area contributed by atoms with Gasteiger partial charge in [-0.25, -0.2) is 13.2 Å².